The van der Waals surface area contributed by atoms with E-state index in [0.29, 0.717) is 19.0 Å². The van der Waals surface area contributed by atoms with Crippen molar-refractivity contribution in [3.63, 3.8) is 0 Å². The van der Waals surface area contributed by atoms with Crippen LogP contribution >= 0.6 is 0 Å². The van der Waals surface area contributed by atoms with Crippen molar-refractivity contribution in [2.75, 3.05) is 13.2 Å². The normalized spacial score (nSPS) is 16.3. The van der Waals surface area contributed by atoms with E-state index >= 15 is 0 Å². The number of hydrogen-bond donors (Lipinski definition) is 2. The van der Waals surface area contributed by atoms with E-state index in [2.05, 4.69) is 16.4 Å². The van der Waals surface area contributed by atoms with Gasteiger partial charge in [0, 0.05) is 11.7 Å². The van der Waals surface area contributed by atoms with Gasteiger partial charge in [-0.15, -0.1) is 0 Å². The zero-order chi connectivity index (χ0) is 14.8. The summed E-state index contributed by atoms with van der Waals surface area (Å²) in [5, 5.41) is 4.07. The van der Waals surface area contributed by atoms with Crippen LogP contribution in [0.2, 0.25) is 0 Å². The number of hydrogen-bond acceptors (Lipinski definition) is 3. The first kappa shape index (κ1) is 13.5. The molecular weight excluding hydrogens is 268 g/mol. The Labute approximate surface area is 122 Å². The summed E-state index contributed by atoms with van der Waals surface area (Å²) in [7, 11) is 0. The number of nitrogens with one attached hydrogen (secondary N) is 2. The van der Waals surface area contributed by atoms with E-state index < -0.39 is 0 Å². The summed E-state index contributed by atoms with van der Waals surface area (Å²) in [5.41, 5.74) is 2.13. The molecule has 110 valence electrons. The van der Waals surface area contributed by atoms with E-state index in [0.717, 1.165) is 16.5 Å². The van der Waals surface area contributed by atoms with Gasteiger partial charge >= 0.3 is 0 Å². The van der Waals surface area contributed by atoms with Crippen LogP contribution in [0.5, 0.6) is 0 Å². The van der Waals surface area contributed by atoms with E-state index in [9.17, 15) is 4.79 Å². The Balaban J connectivity index is 1.76. The summed E-state index contributed by atoms with van der Waals surface area (Å²) in [4.78, 5) is 15.4. The van der Waals surface area contributed by atoms with Gasteiger partial charge in [0.2, 0.25) is 5.76 Å². The summed E-state index contributed by atoms with van der Waals surface area (Å²) in [6, 6.07) is 7.98. The lowest BCUT2D eigenvalue weighted by molar-refractivity contribution is -0.123. The highest BCUT2D eigenvalue weighted by Crippen LogP contribution is 2.20. The topological polar surface area (TPSA) is 63.4 Å². The van der Waals surface area contributed by atoms with Crippen LogP contribution in [0.1, 0.15) is 25.5 Å². The van der Waals surface area contributed by atoms with Crippen molar-refractivity contribution in [3.8, 4) is 0 Å². The van der Waals surface area contributed by atoms with Crippen molar-refractivity contribution in [1.29, 1.82) is 0 Å². The van der Waals surface area contributed by atoms with Crippen molar-refractivity contribution >= 4 is 16.8 Å². The lowest BCUT2D eigenvalue weighted by atomic mass is 10.1. The number of benzene rings is 1. The second-order valence-corrected chi connectivity index (χ2v) is 5.10. The third kappa shape index (κ3) is 2.72. The van der Waals surface area contributed by atoms with Gasteiger partial charge in [0.15, 0.2) is 0 Å². The Hall–Kier alpha value is -2.43. The molecule has 5 nitrogen and oxygen atoms in total. The minimum Gasteiger partial charge on any atom is -0.491 e. The number of carbonyl (C=O) groups is 1. The van der Waals surface area contributed by atoms with Crippen molar-refractivity contribution in [3.05, 3.63) is 47.5 Å². The summed E-state index contributed by atoms with van der Waals surface area (Å²) >= 11 is 0. The minimum atomic E-state index is -0.242. The lowest BCUT2D eigenvalue weighted by Gasteiger charge is -2.21. The van der Waals surface area contributed by atoms with Gasteiger partial charge in [-0.3, -0.25) is 4.79 Å². The van der Waals surface area contributed by atoms with E-state index in [-0.39, 0.29) is 17.7 Å². The first-order chi connectivity index (χ1) is 10.1. The number of rotatable bonds is 3. The zero-order valence-electron chi connectivity index (χ0n) is 12.1. The average Bonchev–Trinajstić information content (AvgIpc) is 2.94. The third-order valence-corrected chi connectivity index (χ3v) is 3.60. The quantitative estimate of drug-likeness (QED) is 0.911. The van der Waals surface area contributed by atoms with Crippen LogP contribution in [-0.4, -0.2) is 24.1 Å². The molecule has 2 heterocycles. The maximum atomic E-state index is 12.2. The third-order valence-electron chi connectivity index (χ3n) is 3.60. The van der Waals surface area contributed by atoms with Crippen LogP contribution in [0.3, 0.4) is 0 Å². The van der Waals surface area contributed by atoms with Gasteiger partial charge < -0.3 is 19.8 Å². The molecule has 1 aromatic carbocycles. The van der Waals surface area contributed by atoms with E-state index in [4.69, 9.17) is 9.47 Å². The summed E-state index contributed by atoms with van der Waals surface area (Å²) < 4.78 is 10.7. The number of fused-ring (bicyclic) bond motifs is 1. The molecule has 1 aliphatic heterocycles. The van der Waals surface area contributed by atoms with Crippen LogP contribution in [0, 0.1) is 0 Å². The van der Waals surface area contributed by atoms with E-state index in [1.165, 1.54) is 0 Å². The highest BCUT2D eigenvalue weighted by molar-refractivity contribution is 5.92. The number of H-pyrrole nitrogens is 1. The highest BCUT2D eigenvalue weighted by atomic mass is 16.6. The van der Waals surface area contributed by atoms with Crippen LogP contribution in [-0.2, 0) is 14.3 Å². The van der Waals surface area contributed by atoms with Crippen molar-refractivity contribution in [2.45, 2.75) is 19.9 Å². The number of aromatic nitrogens is 1. The summed E-state index contributed by atoms with van der Waals surface area (Å²) in [6.07, 6.45) is 1.90. The van der Waals surface area contributed by atoms with Crippen molar-refractivity contribution in [2.24, 2.45) is 0 Å². The molecular formula is C16H18N2O3. The molecule has 5 heteroatoms. The van der Waals surface area contributed by atoms with Crippen LogP contribution in [0.25, 0.3) is 10.9 Å². The van der Waals surface area contributed by atoms with Gasteiger partial charge in [0.25, 0.3) is 5.91 Å². The fraction of sp³-hybridized carbons (Fsp3) is 0.312. The first-order valence-corrected chi connectivity index (χ1v) is 6.99. The predicted octanol–water partition coefficient (Wildman–Crippen LogP) is 2.62. The molecule has 0 saturated heterocycles. The second-order valence-electron chi connectivity index (χ2n) is 5.10. The Kier molecular flexibility index (Phi) is 3.56. The number of amides is 1. The smallest absolute Gasteiger partial charge is 0.290 e. The average molecular weight is 286 g/mol. The van der Waals surface area contributed by atoms with Crippen LogP contribution in [0.4, 0.5) is 0 Å². The maximum absolute atomic E-state index is 12.2. The molecule has 0 saturated carbocycles. The number of aromatic amines is 1. The van der Waals surface area contributed by atoms with Gasteiger partial charge in [-0.1, -0.05) is 6.07 Å². The molecule has 0 aliphatic carbocycles. The number of allylic oxidation sites excluding steroid dienone is 1. The fourth-order valence-corrected chi connectivity index (χ4v) is 2.42. The molecule has 2 N–H and O–H groups in total. The SMILES string of the molecule is CC1=C(C(=O)NC(C)c2ccc3[nH]ccc3c2)OCCO1. The molecule has 21 heavy (non-hydrogen) atoms. The van der Waals surface area contributed by atoms with Crippen molar-refractivity contribution < 1.29 is 14.3 Å². The molecule has 1 atom stereocenters. The van der Waals surface area contributed by atoms with Gasteiger partial charge in [-0.2, -0.15) is 0 Å². The standard InChI is InChI=1S/C16H18N2O3/c1-10(12-3-4-14-13(9-12)5-6-17-14)18-16(19)15-11(2)20-7-8-21-15/h3-6,9-10,17H,7-8H2,1-2H3,(H,18,19). The molecule has 0 fully saturated rings. The number of ether oxygens (including phenoxy) is 2. The molecule has 0 radical (unpaired) electrons. The maximum Gasteiger partial charge on any atom is 0.290 e. The molecule has 1 aromatic heterocycles. The Morgan fingerprint density at radius 3 is 2.90 bits per heavy atom. The lowest BCUT2D eigenvalue weighted by Crippen LogP contribution is -2.31. The Morgan fingerprint density at radius 1 is 1.29 bits per heavy atom. The van der Waals surface area contributed by atoms with E-state index in [1.807, 2.05) is 31.3 Å². The summed E-state index contributed by atoms with van der Waals surface area (Å²) in [5.74, 6) is 0.566. The van der Waals surface area contributed by atoms with Crippen molar-refractivity contribution in [1.82, 2.24) is 10.3 Å². The molecule has 2 aromatic rings. The highest BCUT2D eigenvalue weighted by Gasteiger charge is 2.21. The van der Waals surface area contributed by atoms with Gasteiger partial charge in [-0.25, -0.2) is 0 Å². The monoisotopic (exact) mass is 286 g/mol. The Bertz CT molecular complexity index is 702. The Morgan fingerprint density at radius 2 is 2.10 bits per heavy atom. The van der Waals surface area contributed by atoms with Crippen LogP contribution in [0.15, 0.2) is 42.0 Å². The molecule has 0 spiro atoms. The summed E-state index contributed by atoms with van der Waals surface area (Å²) in [6.45, 7) is 4.59. The van der Waals surface area contributed by atoms with Gasteiger partial charge in [0.05, 0.1) is 6.04 Å². The second kappa shape index (κ2) is 5.52. The molecule has 1 unspecified atom stereocenters. The van der Waals surface area contributed by atoms with Gasteiger partial charge in [-0.05, 0) is 43.0 Å². The zero-order valence-corrected chi connectivity index (χ0v) is 12.1. The van der Waals surface area contributed by atoms with Gasteiger partial charge in [0.1, 0.15) is 19.0 Å². The molecule has 1 aliphatic rings. The minimum absolute atomic E-state index is 0.109. The van der Waals surface area contributed by atoms with Crippen LogP contribution < -0.4 is 5.32 Å². The predicted molar refractivity (Wildman–Crippen MR) is 79.5 cm³/mol. The molecule has 1 amide bonds. The molecule has 0 bridgehead atoms. The largest absolute Gasteiger partial charge is 0.491 e. The molecule has 3 rings (SSSR count). The fourth-order valence-electron chi connectivity index (χ4n) is 2.42. The number of carbonyl (C=O) groups excluding carboxylic acids is 1. The first-order valence-electron chi connectivity index (χ1n) is 6.99. The van der Waals surface area contributed by atoms with E-state index in [1.54, 1.807) is 6.92 Å².